The zero-order valence-corrected chi connectivity index (χ0v) is 9.57. The van der Waals surface area contributed by atoms with Crippen LogP contribution in [0.2, 0.25) is 0 Å². The fraction of sp³-hybridized carbons (Fsp3) is 0.273. The fourth-order valence-electron chi connectivity index (χ4n) is 1.65. The van der Waals surface area contributed by atoms with Crippen LogP contribution in [0, 0.1) is 0 Å². The first-order valence-corrected chi connectivity index (χ1v) is 5.28. The van der Waals surface area contributed by atoms with E-state index in [4.69, 9.17) is 5.73 Å². The van der Waals surface area contributed by atoms with E-state index in [0.29, 0.717) is 17.9 Å². The number of nitrogen functional groups attached to an aromatic ring is 1. The number of benzene rings is 1. The van der Waals surface area contributed by atoms with Gasteiger partial charge in [-0.25, -0.2) is 9.67 Å². The van der Waals surface area contributed by atoms with Gasteiger partial charge in [0, 0.05) is 17.8 Å². The summed E-state index contributed by atoms with van der Waals surface area (Å²) in [7, 11) is 0. The van der Waals surface area contributed by atoms with E-state index < -0.39 is 11.7 Å². The summed E-state index contributed by atoms with van der Waals surface area (Å²) in [6.07, 6.45) is -3.05. The van der Waals surface area contributed by atoms with Crippen molar-refractivity contribution in [3.63, 3.8) is 0 Å². The number of rotatable bonds is 2. The summed E-state index contributed by atoms with van der Waals surface area (Å²) in [6.45, 7) is 2.42. The third-order valence-electron chi connectivity index (χ3n) is 2.53. The summed E-state index contributed by atoms with van der Waals surface area (Å²) in [5.74, 6) is 0.462. The minimum atomic E-state index is -4.40. The van der Waals surface area contributed by atoms with Crippen LogP contribution in [0.5, 0.6) is 0 Å². The molecule has 1 aromatic carbocycles. The third kappa shape index (κ3) is 2.15. The molecule has 2 N–H and O–H groups in total. The monoisotopic (exact) mass is 256 g/mol. The molecular formula is C11H11F3N4. The van der Waals surface area contributed by atoms with Gasteiger partial charge in [-0.1, -0.05) is 0 Å². The molecule has 0 saturated heterocycles. The summed E-state index contributed by atoms with van der Waals surface area (Å²) in [6, 6.07) is 3.21. The Hall–Kier alpha value is -2.05. The lowest BCUT2D eigenvalue weighted by Gasteiger charge is -2.10. The van der Waals surface area contributed by atoms with Gasteiger partial charge in [0.1, 0.15) is 6.33 Å². The number of halogens is 3. The molecule has 0 fully saturated rings. The van der Waals surface area contributed by atoms with Gasteiger partial charge in [-0.2, -0.15) is 18.3 Å². The molecule has 7 heteroatoms. The molecule has 1 aromatic heterocycles. The van der Waals surface area contributed by atoms with Gasteiger partial charge in [-0.05, 0) is 25.1 Å². The van der Waals surface area contributed by atoms with E-state index in [1.54, 1.807) is 4.68 Å². The van der Waals surface area contributed by atoms with E-state index in [1.807, 2.05) is 6.92 Å². The second-order valence-electron chi connectivity index (χ2n) is 3.70. The molecule has 0 amide bonds. The van der Waals surface area contributed by atoms with Gasteiger partial charge in [0.05, 0.1) is 5.56 Å². The molecule has 4 nitrogen and oxygen atoms in total. The molecule has 2 rings (SSSR count). The van der Waals surface area contributed by atoms with Crippen molar-refractivity contribution >= 4 is 5.69 Å². The highest BCUT2D eigenvalue weighted by molar-refractivity contribution is 5.72. The minimum absolute atomic E-state index is 0.0347. The Kier molecular flexibility index (Phi) is 2.98. The van der Waals surface area contributed by atoms with Crippen molar-refractivity contribution in [2.75, 3.05) is 5.73 Å². The zero-order chi connectivity index (χ0) is 13.3. The lowest BCUT2D eigenvalue weighted by Crippen LogP contribution is -2.07. The summed E-state index contributed by atoms with van der Waals surface area (Å²) in [5, 5.41) is 3.95. The maximum absolute atomic E-state index is 12.5. The van der Waals surface area contributed by atoms with Crippen LogP contribution in [-0.2, 0) is 12.7 Å². The van der Waals surface area contributed by atoms with Crippen LogP contribution in [-0.4, -0.2) is 14.8 Å². The number of nitrogens with two attached hydrogens (primary N) is 1. The van der Waals surface area contributed by atoms with E-state index in [2.05, 4.69) is 10.1 Å². The number of hydrogen-bond acceptors (Lipinski definition) is 3. The quantitative estimate of drug-likeness (QED) is 0.840. The van der Waals surface area contributed by atoms with Crippen LogP contribution in [0.4, 0.5) is 18.9 Å². The molecule has 0 aliphatic carbocycles. The van der Waals surface area contributed by atoms with Crippen LogP contribution in [0.1, 0.15) is 12.5 Å². The third-order valence-corrected chi connectivity index (χ3v) is 2.53. The Morgan fingerprint density at radius 1 is 1.33 bits per heavy atom. The van der Waals surface area contributed by atoms with Crippen molar-refractivity contribution in [1.82, 2.24) is 14.8 Å². The molecule has 18 heavy (non-hydrogen) atoms. The summed E-state index contributed by atoms with van der Waals surface area (Å²) in [5.41, 5.74) is 5.36. The van der Waals surface area contributed by atoms with Crippen LogP contribution in [0.15, 0.2) is 24.5 Å². The van der Waals surface area contributed by atoms with Crippen molar-refractivity contribution in [1.29, 1.82) is 0 Å². The van der Waals surface area contributed by atoms with E-state index in [-0.39, 0.29) is 5.69 Å². The number of aryl methyl sites for hydroxylation is 1. The Morgan fingerprint density at radius 3 is 2.61 bits per heavy atom. The molecule has 0 aliphatic heterocycles. The standard InChI is InChI=1S/C11H11F3N4/c1-2-18-10(16-6-17-18)8-4-3-7(5-9(8)15)11(12,13)14/h3-6H,2,15H2,1H3. The van der Waals surface area contributed by atoms with Crippen molar-refractivity contribution in [3.8, 4) is 11.4 Å². The van der Waals surface area contributed by atoms with Crippen molar-refractivity contribution in [3.05, 3.63) is 30.1 Å². The first-order valence-electron chi connectivity index (χ1n) is 5.28. The van der Waals surface area contributed by atoms with E-state index in [0.717, 1.165) is 12.1 Å². The average molecular weight is 256 g/mol. The van der Waals surface area contributed by atoms with E-state index in [9.17, 15) is 13.2 Å². The van der Waals surface area contributed by atoms with E-state index in [1.165, 1.54) is 12.4 Å². The van der Waals surface area contributed by atoms with Crippen molar-refractivity contribution in [2.24, 2.45) is 0 Å². The van der Waals surface area contributed by atoms with Gasteiger partial charge in [0.2, 0.25) is 0 Å². The van der Waals surface area contributed by atoms with Gasteiger partial charge in [0.25, 0.3) is 0 Å². The summed E-state index contributed by atoms with van der Waals surface area (Å²) in [4.78, 5) is 4.00. The van der Waals surface area contributed by atoms with Gasteiger partial charge in [-0.15, -0.1) is 0 Å². The second-order valence-corrected chi connectivity index (χ2v) is 3.70. The zero-order valence-electron chi connectivity index (χ0n) is 9.57. The number of anilines is 1. The lowest BCUT2D eigenvalue weighted by molar-refractivity contribution is -0.137. The Morgan fingerprint density at radius 2 is 2.06 bits per heavy atom. The Labute approximate surface area is 101 Å². The molecule has 0 aliphatic rings. The van der Waals surface area contributed by atoms with Crippen molar-refractivity contribution < 1.29 is 13.2 Å². The molecule has 0 spiro atoms. The largest absolute Gasteiger partial charge is 0.416 e. The highest BCUT2D eigenvalue weighted by Gasteiger charge is 2.31. The van der Waals surface area contributed by atoms with Crippen LogP contribution < -0.4 is 5.73 Å². The van der Waals surface area contributed by atoms with Gasteiger partial charge >= 0.3 is 6.18 Å². The molecular weight excluding hydrogens is 245 g/mol. The predicted octanol–water partition coefficient (Wildman–Crippen LogP) is 2.57. The maximum atomic E-state index is 12.5. The second kappa shape index (κ2) is 4.32. The first kappa shape index (κ1) is 12.4. The van der Waals surface area contributed by atoms with Gasteiger partial charge in [-0.3, -0.25) is 0 Å². The smallest absolute Gasteiger partial charge is 0.398 e. The Balaban J connectivity index is 2.48. The number of alkyl halides is 3. The highest BCUT2D eigenvalue weighted by Crippen LogP contribution is 2.33. The molecule has 2 aromatic rings. The molecule has 96 valence electrons. The maximum Gasteiger partial charge on any atom is 0.416 e. The summed E-state index contributed by atoms with van der Waals surface area (Å²) < 4.78 is 39.1. The molecule has 0 unspecified atom stereocenters. The van der Waals surface area contributed by atoms with E-state index >= 15 is 0 Å². The number of nitrogens with zero attached hydrogens (tertiary/aromatic N) is 3. The molecule has 0 radical (unpaired) electrons. The van der Waals surface area contributed by atoms with Crippen LogP contribution in [0.3, 0.4) is 0 Å². The average Bonchev–Trinajstić information content (AvgIpc) is 2.75. The molecule has 0 saturated carbocycles. The Bertz CT molecular complexity index is 560. The highest BCUT2D eigenvalue weighted by atomic mass is 19.4. The number of hydrogen-bond donors (Lipinski definition) is 1. The SMILES string of the molecule is CCn1ncnc1-c1ccc(C(F)(F)F)cc1N. The molecule has 1 heterocycles. The van der Waals surface area contributed by atoms with Crippen LogP contribution in [0.25, 0.3) is 11.4 Å². The normalized spacial score (nSPS) is 11.8. The predicted molar refractivity (Wildman–Crippen MR) is 60.5 cm³/mol. The molecule has 0 atom stereocenters. The van der Waals surface area contributed by atoms with Crippen molar-refractivity contribution in [2.45, 2.75) is 19.6 Å². The molecule has 0 bridgehead atoms. The number of aromatic nitrogens is 3. The topological polar surface area (TPSA) is 56.7 Å². The van der Waals surface area contributed by atoms with Gasteiger partial charge < -0.3 is 5.73 Å². The fourth-order valence-corrected chi connectivity index (χ4v) is 1.65. The first-order chi connectivity index (χ1) is 8.43. The lowest BCUT2D eigenvalue weighted by atomic mass is 10.1. The minimum Gasteiger partial charge on any atom is -0.398 e. The van der Waals surface area contributed by atoms with Gasteiger partial charge in [0.15, 0.2) is 5.82 Å². The van der Waals surface area contributed by atoms with Crippen LogP contribution >= 0.6 is 0 Å². The summed E-state index contributed by atoms with van der Waals surface area (Å²) >= 11 is 0.